The Morgan fingerprint density at radius 3 is 3.00 bits per heavy atom. The van der Waals surface area contributed by atoms with Gasteiger partial charge in [-0.1, -0.05) is 17.3 Å². The lowest BCUT2D eigenvalue weighted by molar-refractivity contribution is 0.0780. The lowest BCUT2D eigenvalue weighted by atomic mass is 10.1. The average Bonchev–Trinajstić information content (AvgIpc) is 3.54. The largest absolute Gasteiger partial charge is 0.497 e. The van der Waals surface area contributed by atoms with Crippen molar-refractivity contribution in [2.75, 3.05) is 20.2 Å². The van der Waals surface area contributed by atoms with E-state index in [4.69, 9.17) is 14.2 Å². The van der Waals surface area contributed by atoms with Gasteiger partial charge in [-0.15, -0.1) is 11.3 Å². The van der Waals surface area contributed by atoms with E-state index in [1.54, 1.807) is 24.5 Å². The number of ether oxygens (including phenoxy) is 1. The molecule has 1 atom stereocenters. The quantitative estimate of drug-likeness (QED) is 0.490. The molecule has 7 nitrogen and oxygen atoms in total. The van der Waals surface area contributed by atoms with E-state index < -0.39 is 0 Å². The summed E-state index contributed by atoms with van der Waals surface area (Å²) in [4.78, 5) is 20.9. The minimum absolute atomic E-state index is 0.107. The third kappa shape index (κ3) is 3.08. The van der Waals surface area contributed by atoms with Crippen LogP contribution < -0.4 is 4.74 Å². The van der Waals surface area contributed by atoms with Crippen molar-refractivity contribution in [1.82, 2.24) is 19.4 Å². The third-order valence-corrected chi connectivity index (χ3v) is 6.74. The number of carbonyl (C=O) groups is 1. The van der Waals surface area contributed by atoms with Crippen molar-refractivity contribution in [2.24, 2.45) is 0 Å². The number of likely N-dealkylation sites (tertiary alicyclic amines) is 1. The standard InChI is InChI=1S/C22H22N4O3S/c1-13-12-30-22-20(23-14(2)26(13)22)16-7-8-25(11-16)21(27)18-10-19(29-24-18)15-5-4-6-17(9-15)28-3/h4-6,9-10,12,16H,7-8,11H2,1-3H3/t16-/m1/s1. The molecular formula is C22H22N4O3S. The van der Waals surface area contributed by atoms with Crippen LogP contribution in [0.15, 0.2) is 40.2 Å². The lowest BCUT2D eigenvalue weighted by Crippen LogP contribution is -2.28. The second kappa shape index (κ2) is 7.28. The van der Waals surface area contributed by atoms with Crippen molar-refractivity contribution >= 4 is 22.1 Å². The highest BCUT2D eigenvalue weighted by atomic mass is 32.1. The molecular weight excluding hydrogens is 400 g/mol. The van der Waals surface area contributed by atoms with Crippen molar-refractivity contribution in [2.45, 2.75) is 26.2 Å². The molecule has 1 saturated heterocycles. The molecule has 154 valence electrons. The van der Waals surface area contributed by atoms with Gasteiger partial charge in [-0.3, -0.25) is 9.20 Å². The summed E-state index contributed by atoms with van der Waals surface area (Å²) in [5.74, 6) is 2.41. The fourth-order valence-corrected chi connectivity index (χ4v) is 5.24. The van der Waals surface area contributed by atoms with E-state index in [0.29, 0.717) is 24.5 Å². The first-order chi connectivity index (χ1) is 14.5. The molecule has 0 spiro atoms. The number of thiazole rings is 1. The van der Waals surface area contributed by atoms with E-state index in [1.165, 1.54) is 10.5 Å². The SMILES string of the molecule is COc1cccc(-c2cc(C(=O)N3CC[C@@H](c4nc(C)n5c(C)csc45)C3)no2)c1. The van der Waals surface area contributed by atoms with Gasteiger partial charge in [0.25, 0.3) is 5.91 Å². The number of methoxy groups -OCH3 is 1. The van der Waals surface area contributed by atoms with Crippen molar-refractivity contribution in [3.63, 3.8) is 0 Å². The molecule has 0 N–H and O–H groups in total. The number of benzene rings is 1. The molecule has 5 rings (SSSR count). The summed E-state index contributed by atoms with van der Waals surface area (Å²) < 4.78 is 12.9. The molecule has 8 heteroatoms. The summed E-state index contributed by atoms with van der Waals surface area (Å²) in [7, 11) is 1.62. The highest BCUT2D eigenvalue weighted by Gasteiger charge is 2.32. The maximum absolute atomic E-state index is 13.0. The molecule has 4 aromatic rings. The maximum atomic E-state index is 13.0. The van der Waals surface area contributed by atoms with Crippen LogP contribution in [0.1, 0.15) is 40.0 Å². The molecule has 3 aromatic heterocycles. The topological polar surface area (TPSA) is 72.9 Å². The molecule has 1 aromatic carbocycles. The molecule has 1 amide bonds. The van der Waals surface area contributed by atoms with Crippen LogP contribution in [0.25, 0.3) is 16.2 Å². The first-order valence-electron chi connectivity index (χ1n) is 9.88. The molecule has 0 radical (unpaired) electrons. The second-order valence-electron chi connectivity index (χ2n) is 7.61. The Bertz CT molecular complexity index is 1240. The van der Waals surface area contributed by atoms with Gasteiger partial charge in [0.1, 0.15) is 16.4 Å². The molecule has 0 bridgehead atoms. The fraction of sp³-hybridized carbons (Fsp3) is 0.318. The van der Waals surface area contributed by atoms with Gasteiger partial charge < -0.3 is 14.2 Å². The normalized spacial score (nSPS) is 16.5. The highest BCUT2D eigenvalue weighted by Crippen LogP contribution is 2.34. The lowest BCUT2D eigenvalue weighted by Gasteiger charge is -2.14. The van der Waals surface area contributed by atoms with Crippen LogP contribution in [0.4, 0.5) is 0 Å². The number of rotatable bonds is 4. The van der Waals surface area contributed by atoms with Crippen LogP contribution in [0.5, 0.6) is 5.75 Å². The van der Waals surface area contributed by atoms with Gasteiger partial charge in [-0.25, -0.2) is 4.98 Å². The number of imidazole rings is 1. The predicted octanol–water partition coefficient (Wildman–Crippen LogP) is 4.31. The molecule has 0 saturated carbocycles. The molecule has 1 fully saturated rings. The number of carbonyl (C=O) groups excluding carboxylic acids is 1. The minimum Gasteiger partial charge on any atom is -0.497 e. The van der Waals surface area contributed by atoms with E-state index in [1.807, 2.05) is 36.1 Å². The van der Waals surface area contributed by atoms with E-state index in [0.717, 1.165) is 29.3 Å². The van der Waals surface area contributed by atoms with E-state index in [9.17, 15) is 4.79 Å². The van der Waals surface area contributed by atoms with Crippen molar-refractivity contribution in [3.05, 3.63) is 58.6 Å². The summed E-state index contributed by atoms with van der Waals surface area (Å²) in [6, 6.07) is 9.20. The Kier molecular flexibility index (Phi) is 4.58. The van der Waals surface area contributed by atoms with Gasteiger partial charge in [0, 0.05) is 41.7 Å². The van der Waals surface area contributed by atoms with Gasteiger partial charge in [0.2, 0.25) is 0 Å². The predicted molar refractivity (Wildman–Crippen MR) is 114 cm³/mol. The number of aryl methyl sites for hydroxylation is 2. The van der Waals surface area contributed by atoms with E-state index >= 15 is 0 Å². The van der Waals surface area contributed by atoms with Gasteiger partial charge in [-0.2, -0.15) is 0 Å². The Hall–Kier alpha value is -3.13. The van der Waals surface area contributed by atoms with E-state index in [2.05, 4.69) is 21.9 Å². The number of nitrogens with zero attached hydrogens (tertiary/aromatic N) is 4. The maximum Gasteiger partial charge on any atom is 0.276 e. The monoisotopic (exact) mass is 422 g/mol. The highest BCUT2D eigenvalue weighted by molar-refractivity contribution is 7.15. The zero-order valence-corrected chi connectivity index (χ0v) is 17.9. The summed E-state index contributed by atoms with van der Waals surface area (Å²) in [5, 5.41) is 6.18. The summed E-state index contributed by atoms with van der Waals surface area (Å²) in [6.45, 7) is 5.46. The van der Waals surface area contributed by atoms with Crippen molar-refractivity contribution in [1.29, 1.82) is 0 Å². The molecule has 4 heterocycles. The minimum atomic E-state index is -0.107. The van der Waals surface area contributed by atoms with Gasteiger partial charge in [0.05, 0.1) is 12.8 Å². The zero-order valence-electron chi connectivity index (χ0n) is 17.1. The summed E-state index contributed by atoms with van der Waals surface area (Å²) in [6.07, 6.45) is 0.898. The number of amides is 1. The van der Waals surface area contributed by atoms with Gasteiger partial charge in [0.15, 0.2) is 11.5 Å². The molecule has 0 aliphatic carbocycles. The molecule has 30 heavy (non-hydrogen) atoms. The molecule has 1 aliphatic heterocycles. The van der Waals surface area contributed by atoms with E-state index in [-0.39, 0.29) is 11.8 Å². The Morgan fingerprint density at radius 2 is 2.17 bits per heavy atom. The Labute approximate surface area is 177 Å². The summed E-state index contributed by atoms with van der Waals surface area (Å²) >= 11 is 1.72. The summed E-state index contributed by atoms with van der Waals surface area (Å²) in [5.41, 5.74) is 3.44. The number of fused-ring (bicyclic) bond motifs is 1. The van der Waals surface area contributed by atoms with Crippen molar-refractivity contribution in [3.8, 4) is 17.1 Å². The average molecular weight is 423 g/mol. The third-order valence-electron chi connectivity index (χ3n) is 5.67. The smallest absolute Gasteiger partial charge is 0.276 e. The van der Waals surface area contributed by atoms with Crippen LogP contribution in [0.3, 0.4) is 0 Å². The first kappa shape index (κ1) is 18.9. The zero-order chi connectivity index (χ0) is 20.8. The van der Waals surface area contributed by atoms with Gasteiger partial charge >= 0.3 is 0 Å². The Balaban J connectivity index is 1.35. The van der Waals surface area contributed by atoms with Crippen LogP contribution in [0.2, 0.25) is 0 Å². The van der Waals surface area contributed by atoms with Crippen molar-refractivity contribution < 1.29 is 14.1 Å². The molecule has 0 unspecified atom stereocenters. The van der Waals surface area contributed by atoms with Crippen LogP contribution in [-0.2, 0) is 0 Å². The first-order valence-corrected chi connectivity index (χ1v) is 10.8. The fourth-order valence-electron chi connectivity index (χ4n) is 4.14. The van der Waals surface area contributed by atoms with Gasteiger partial charge in [-0.05, 0) is 32.4 Å². The molecule has 1 aliphatic rings. The van der Waals surface area contributed by atoms with Crippen LogP contribution >= 0.6 is 11.3 Å². The number of aromatic nitrogens is 3. The van der Waals surface area contributed by atoms with Crippen LogP contribution in [0, 0.1) is 13.8 Å². The van der Waals surface area contributed by atoms with Crippen LogP contribution in [-0.4, -0.2) is 45.5 Å². The number of hydrogen-bond donors (Lipinski definition) is 0. The number of hydrogen-bond acceptors (Lipinski definition) is 6. The Morgan fingerprint density at radius 1 is 1.30 bits per heavy atom. The second-order valence-corrected chi connectivity index (χ2v) is 8.47.